The number of nitrogens with zero attached hydrogens (tertiary/aromatic N) is 3. The van der Waals surface area contributed by atoms with Crippen molar-refractivity contribution in [3.63, 3.8) is 0 Å². The van der Waals surface area contributed by atoms with E-state index in [4.69, 9.17) is 4.74 Å². The van der Waals surface area contributed by atoms with Crippen LogP contribution >= 0.6 is 0 Å². The number of methoxy groups -OCH3 is 1. The third-order valence-corrected chi connectivity index (χ3v) is 4.95. The van der Waals surface area contributed by atoms with Gasteiger partial charge in [-0.3, -0.25) is 0 Å². The fraction of sp³-hybridized carbons (Fsp3) is 0.500. The van der Waals surface area contributed by atoms with Gasteiger partial charge in [0.05, 0.1) is 19.7 Å². The van der Waals surface area contributed by atoms with Crippen LogP contribution < -0.4 is 10.1 Å². The van der Waals surface area contributed by atoms with Crippen LogP contribution in [0.5, 0.6) is 5.75 Å². The van der Waals surface area contributed by atoms with E-state index in [9.17, 15) is 4.79 Å². The minimum absolute atomic E-state index is 0.0316. The summed E-state index contributed by atoms with van der Waals surface area (Å²) >= 11 is 0. The highest BCUT2D eigenvalue weighted by Crippen LogP contribution is 2.32. The van der Waals surface area contributed by atoms with E-state index < -0.39 is 0 Å². The molecule has 1 atom stereocenters. The standard InChI is InChI=1S/C20H28N4O2/c1-15(2)23-12-10-21-19(23)14-22-20(25)24-11-5-4-9-18(24)16-7-6-8-17(13-16)26-3/h6-8,10,12-13,15,18H,4-5,9,11,14H2,1-3H3,(H,22,25)/t18-/m1/s1. The molecule has 0 bridgehead atoms. The second kappa shape index (κ2) is 8.25. The molecular weight excluding hydrogens is 328 g/mol. The number of benzene rings is 1. The summed E-state index contributed by atoms with van der Waals surface area (Å²) in [4.78, 5) is 19.2. The largest absolute Gasteiger partial charge is 0.497 e. The second-order valence-electron chi connectivity index (χ2n) is 6.98. The summed E-state index contributed by atoms with van der Waals surface area (Å²) in [5.74, 6) is 1.70. The zero-order valence-corrected chi connectivity index (χ0v) is 15.8. The molecule has 0 unspecified atom stereocenters. The number of urea groups is 1. The summed E-state index contributed by atoms with van der Waals surface area (Å²) in [5, 5.41) is 3.05. The summed E-state index contributed by atoms with van der Waals surface area (Å²) < 4.78 is 7.42. The first-order valence-corrected chi connectivity index (χ1v) is 9.30. The van der Waals surface area contributed by atoms with E-state index >= 15 is 0 Å². The summed E-state index contributed by atoms with van der Waals surface area (Å²) in [5.41, 5.74) is 1.13. The van der Waals surface area contributed by atoms with Crippen molar-refractivity contribution in [1.82, 2.24) is 19.8 Å². The Morgan fingerprint density at radius 3 is 3.00 bits per heavy atom. The molecule has 1 fully saturated rings. The number of aromatic nitrogens is 2. The van der Waals surface area contributed by atoms with Crippen LogP contribution in [-0.4, -0.2) is 34.1 Å². The van der Waals surface area contributed by atoms with Gasteiger partial charge in [-0.25, -0.2) is 9.78 Å². The molecule has 0 radical (unpaired) electrons. The van der Waals surface area contributed by atoms with E-state index in [1.165, 1.54) is 0 Å². The molecule has 26 heavy (non-hydrogen) atoms. The summed E-state index contributed by atoms with van der Waals surface area (Å²) in [7, 11) is 1.67. The molecule has 6 heteroatoms. The molecule has 2 aromatic rings. The number of amides is 2. The molecule has 2 amide bonds. The second-order valence-corrected chi connectivity index (χ2v) is 6.98. The average Bonchev–Trinajstić information content (AvgIpc) is 3.15. The third kappa shape index (κ3) is 4.00. The number of hydrogen-bond acceptors (Lipinski definition) is 3. The van der Waals surface area contributed by atoms with Gasteiger partial charge in [-0.05, 0) is 50.8 Å². The zero-order valence-electron chi connectivity index (χ0n) is 15.8. The Bertz CT molecular complexity index is 741. The molecule has 1 aliphatic rings. The number of ether oxygens (including phenoxy) is 1. The quantitative estimate of drug-likeness (QED) is 0.884. The predicted octanol–water partition coefficient (Wildman–Crippen LogP) is 3.91. The van der Waals surface area contributed by atoms with Gasteiger partial charge in [0.1, 0.15) is 11.6 Å². The lowest BCUT2D eigenvalue weighted by Crippen LogP contribution is -2.44. The van der Waals surface area contributed by atoms with Gasteiger partial charge in [0.15, 0.2) is 0 Å². The van der Waals surface area contributed by atoms with Gasteiger partial charge in [0.2, 0.25) is 0 Å². The van der Waals surface area contributed by atoms with Crippen molar-refractivity contribution in [2.45, 2.75) is 51.7 Å². The minimum atomic E-state index is -0.0316. The Kier molecular flexibility index (Phi) is 5.81. The van der Waals surface area contributed by atoms with E-state index in [0.717, 1.165) is 42.9 Å². The normalized spacial score (nSPS) is 17.4. The van der Waals surface area contributed by atoms with Gasteiger partial charge in [0, 0.05) is 25.0 Å². The number of carbonyl (C=O) groups excluding carboxylic acids is 1. The van der Waals surface area contributed by atoms with Gasteiger partial charge < -0.3 is 19.5 Å². The van der Waals surface area contributed by atoms with E-state index in [-0.39, 0.29) is 12.1 Å². The highest BCUT2D eigenvalue weighted by molar-refractivity contribution is 5.74. The van der Waals surface area contributed by atoms with Crippen LogP contribution in [-0.2, 0) is 6.54 Å². The first kappa shape index (κ1) is 18.3. The number of likely N-dealkylation sites (tertiary alicyclic amines) is 1. The van der Waals surface area contributed by atoms with Crippen LogP contribution in [0.1, 0.15) is 56.6 Å². The van der Waals surface area contributed by atoms with Crippen LogP contribution in [0.3, 0.4) is 0 Å². The zero-order chi connectivity index (χ0) is 18.5. The van der Waals surface area contributed by atoms with Crippen LogP contribution in [0, 0.1) is 0 Å². The van der Waals surface area contributed by atoms with Gasteiger partial charge in [-0.15, -0.1) is 0 Å². The van der Waals surface area contributed by atoms with Crippen molar-refractivity contribution in [3.8, 4) is 5.75 Å². The monoisotopic (exact) mass is 356 g/mol. The number of hydrogen-bond donors (Lipinski definition) is 1. The smallest absolute Gasteiger partial charge is 0.318 e. The molecule has 0 spiro atoms. The van der Waals surface area contributed by atoms with Crippen LogP contribution in [0.4, 0.5) is 4.79 Å². The Labute approximate surface area is 155 Å². The third-order valence-electron chi connectivity index (χ3n) is 4.95. The number of rotatable bonds is 5. The Hall–Kier alpha value is -2.50. The molecule has 1 aromatic carbocycles. The van der Waals surface area contributed by atoms with Gasteiger partial charge in [0.25, 0.3) is 0 Å². The Morgan fingerprint density at radius 2 is 2.23 bits per heavy atom. The van der Waals surface area contributed by atoms with Gasteiger partial charge >= 0.3 is 6.03 Å². The van der Waals surface area contributed by atoms with Crippen molar-refractivity contribution in [2.75, 3.05) is 13.7 Å². The summed E-state index contributed by atoms with van der Waals surface area (Å²) in [6, 6.07) is 8.40. The highest BCUT2D eigenvalue weighted by atomic mass is 16.5. The number of carbonyl (C=O) groups is 1. The molecule has 2 heterocycles. The van der Waals surface area contributed by atoms with Crippen molar-refractivity contribution in [3.05, 3.63) is 48.0 Å². The molecule has 6 nitrogen and oxygen atoms in total. The predicted molar refractivity (Wildman–Crippen MR) is 101 cm³/mol. The fourth-order valence-corrected chi connectivity index (χ4v) is 3.58. The van der Waals surface area contributed by atoms with E-state index in [1.54, 1.807) is 13.3 Å². The molecule has 3 rings (SSSR count). The number of imidazole rings is 1. The summed E-state index contributed by atoms with van der Waals surface area (Å²) in [6.07, 6.45) is 6.87. The van der Waals surface area contributed by atoms with E-state index in [1.807, 2.05) is 29.3 Å². The summed E-state index contributed by atoms with van der Waals surface area (Å²) in [6.45, 7) is 5.42. The molecule has 0 aliphatic carbocycles. The van der Waals surface area contributed by atoms with Gasteiger partial charge in [-0.2, -0.15) is 0 Å². The maximum atomic E-state index is 12.9. The minimum Gasteiger partial charge on any atom is -0.497 e. The highest BCUT2D eigenvalue weighted by Gasteiger charge is 2.28. The molecule has 1 aliphatic heterocycles. The lowest BCUT2D eigenvalue weighted by Gasteiger charge is -2.36. The maximum absolute atomic E-state index is 12.9. The molecule has 140 valence electrons. The van der Waals surface area contributed by atoms with Crippen LogP contribution in [0.15, 0.2) is 36.7 Å². The van der Waals surface area contributed by atoms with E-state index in [2.05, 4.69) is 34.8 Å². The van der Waals surface area contributed by atoms with Crippen molar-refractivity contribution >= 4 is 6.03 Å². The maximum Gasteiger partial charge on any atom is 0.318 e. The topological polar surface area (TPSA) is 59.4 Å². The van der Waals surface area contributed by atoms with Gasteiger partial charge in [-0.1, -0.05) is 12.1 Å². The van der Waals surface area contributed by atoms with Crippen molar-refractivity contribution < 1.29 is 9.53 Å². The fourth-order valence-electron chi connectivity index (χ4n) is 3.58. The molecule has 0 saturated carbocycles. The molecule has 1 aromatic heterocycles. The lowest BCUT2D eigenvalue weighted by molar-refractivity contribution is 0.150. The van der Waals surface area contributed by atoms with Crippen molar-refractivity contribution in [1.29, 1.82) is 0 Å². The first-order valence-electron chi connectivity index (χ1n) is 9.30. The van der Waals surface area contributed by atoms with E-state index in [0.29, 0.717) is 12.6 Å². The lowest BCUT2D eigenvalue weighted by atomic mass is 9.95. The molecular formula is C20H28N4O2. The number of piperidine rings is 1. The molecule has 1 N–H and O–H groups in total. The van der Waals surface area contributed by atoms with Crippen LogP contribution in [0.2, 0.25) is 0 Å². The average molecular weight is 356 g/mol. The molecule has 1 saturated heterocycles. The first-order chi connectivity index (χ1) is 12.6. The Morgan fingerprint density at radius 1 is 1.38 bits per heavy atom. The van der Waals surface area contributed by atoms with Crippen LogP contribution in [0.25, 0.3) is 0 Å². The number of nitrogens with one attached hydrogen (secondary N) is 1. The van der Waals surface area contributed by atoms with Crippen molar-refractivity contribution in [2.24, 2.45) is 0 Å². The SMILES string of the molecule is COc1cccc([C@H]2CCCCN2C(=O)NCc2nccn2C(C)C)c1. The Balaban J connectivity index is 1.70.